The van der Waals surface area contributed by atoms with Crippen LogP contribution in [0.1, 0.15) is 15.9 Å². The zero-order valence-corrected chi connectivity index (χ0v) is 15.4. The second kappa shape index (κ2) is 11.0. The highest BCUT2D eigenvalue weighted by atomic mass is 127. The molecule has 0 saturated carbocycles. The molecule has 0 atom stereocenters. The average Bonchev–Trinajstić information content (AvgIpc) is 2.62. The lowest BCUT2D eigenvalue weighted by atomic mass is 10.1. The molecule has 122 valence electrons. The summed E-state index contributed by atoms with van der Waals surface area (Å²) in [6.45, 7) is 0. The van der Waals surface area contributed by atoms with Gasteiger partial charge in [0.2, 0.25) is 0 Å². The third-order valence-electron chi connectivity index (χ3n) is 2.61. The van der Waals surface area contributed by atoms with E-state index in [0.29, 0.717) is 21.6 Å². The molecule has 0 aliphatic carbocycles. The van der Waals surface area contributed by atoms with Crippen LogP contribution in [0, 0.1) is 0 Å². The number of hydrogen-bond donors (Lipinski definition) is 0. The largest absolute Gasteiger partial charge is 0.465 e. The second-order valence-corrected chi connectivity index (χ2v) is 5.27. The molecule has 0 aliphatic rings. The fraction of sp³-hybridized carbons (Fsp3) is 0.176. The van der Waals surface area contributed by atoms with Gasteiger partial charge >= 0.3 is 11.9 Å². The minimum absolute atomic E-state index is 0.211. The molecular formula is C17H16ClIO4. The van der Waals surface area contributed by atoms with Crippen molar-refractivity contribution in [3.8, 4) is 5.75 Å². The fourth-order valence-electron chi connectivity index (χ4n) is 1.50. The first kappa shape index (κ1) is 19.4. The van der Waals surface area contributed by atoms with Crippen LogP contribution in [0.4, 0.5) is 0 Å². The number of para-hydroxylation sites is 1. The van der Waals surface area contributed by atoms with Crippen LogP contribution in [0.25, 0.3) is 0 Å². The van der Waals surface area contributed by atoms with Crippen LogP contribution in [-0.4, -0.2) is 23.5 Å². The van der Waals surface area contributed by atoms with Gasteiger partial charge < -0.3 is 9.47 Å². The van der Waals surface area contributed by atoms with Gasteiger partial charge in [-0.25, -0.2) is 4.79 Å². The van der Waals surface area contributed by atoms with Crippen molar-refractivity contribution in [1.82, 2.24) is 0 Å². The smallest absolute Gasteiger partial charge is 0.337 e. The molecule has 0 bridgehead atoms. The Balaban J connectivity index is 0.000000231. The second-order valence-electron chi connectivity index (χ2n) is 4.24. The van der Waals surface area contributed by atoms with E-state index in [0.717, 1.165) is 5.56 Å². The summed E-state index contributed by atoms with van der Waals surface area (Å²) in [6.07, 6.45) is 0. The number of carbonyl (C=O) groups is 2. The molecule has 2 aromatic rings. The molecule has 0 radical (unpaired) electrons. The van der Waals surface area contributed by atoms with Gasteiger partial charge in [0.05, 0.1) is 17.1 Å². The van der Waals surface area contributed by atoms with Crippen molar-refractivity contribution in [1.29, 1.82) is 0 Å². The molecule has 23 heavy (non-hydrogen) atoms. The van der Waals surface area contributed by atoms with E-state index in [1.807, 2.05) is 40.8 Å². The molecule has 0 unspecified atom stereocenters. The van der Waals surface area contributed by atoms with Gasteiger partial charge in [-0.3, -0.25) is 4.79 Å². The van der Waals surface area contributed by atoms with Crippen LogP contribution in [0.5, 0.6) is 5.75 Å². The third-order valence-corrected chi connectivity index (χ3v) is 3.54. The number of methoxy groups -OCH3 is 1. The Kier molecular flexibility index (Phi) is 9.31. The summed E-state index contributed by atoms with van der Waals surface area (Å²) in [6, 6.07) is 16.0. The standard InChI is InChI=1S/C9H9ClO2.C8H7IO2/c1-12-9(11)8-4-2-7(6-10)3-5-8;9-6-8(10)11-7-4-2-1-3-5-7/h2-5H,6H2,1H3;1-5H,6H2. The van der Waals surface area contributed by atoms with Crippen molar-refractivity contribution in [2.45, 2.75) is 5.88 Å². The van der Waals surface area contributed by atoms with Crippen molar-refractivity contribution in [2.24, 2.45) is 0 Å². The molecule has 0 aliphatic heterocycles. The number of ether oxygens (including phenoxy) is 2. The van der Waals surface area contributed by atoms with E-state index in [2.05, 4.69) is 4.74 Å². The fourth-order valence-corrected chi connectivity index (χ4v) is 1.83. The number of halogens is 2. The van der Waals surface area contributed by atoms with Crippen LogP contribution >= 0.6 is 34.2 Å². The Morgan fingerprint density at radius 3 is 2.13 bits per heavy atom. The molecule has 6 heteroatoms. The predicted octanol–water partition coefficient (Wildman–Crippen LogP) is 4.24. The zero-order valence-electron chi connectivity index (χ0n) is 12.5. The van der Waals surface area contributed by atoms with Gasteiger partial charge in [-0.1, -0.05) is 52.9 Å². The average molecular weight is 447 g/mol. The minimum Gasteiger partial charge on any atom is -0.465 e. The zero-order chi connectivity index (χ0) is 17.1. The van der Waals surface area contributed by atoms with E-state index in [1.165, 1.54) is 7.11 Å². The highest BCUT2D eigenvalue weighted by Gasteiger charge is 2.03. The molecule has 0 aromatic heterocycles. The first-order valence-electron chi connectivity index (χ1n) is 6.65. The van der Waals surface area contributed by atoms with Crippen molar-refractivity contribution in [3.05, 3.63) is 65.7 Å². The maximum atomic E-state index is 11.0. The SMILES string of the molecule is COC(=O)c1ccc(CCl)cc1.O=C(CI)Oc1ccccc1. The lowest BCUT2D eigenvalue weighted by Gasteiger charge is -1.99. The number of benzene rings is 2. The maximum absolute atomic E-state index is 11.0. The molecule has 0 spiro atoms. The van der Waals surface area contributed by atoms with Crippen molar-refractivity contribution in [2.75, 3.05) is 11.5 Å². The number of carbonyl (C=O) groups excluding carboxylic acids is 2. The van der Waals surface area contributed by atoms with Crippen LogP contribution in [0.15, 0.2) is 54.6 Å². The molecule has 0 saturated heterocycles. The van der Waals surface area contributed by atoms with Crippen LogP contribution < -0.4 is 4.74 Å². The molecule has 4 nitrogen and oxygen atoms in total. The maximum Gasteiger partial charge on any atom is 0.337 e. The van der Waals surface area contributed by atoms with Crippen LogP contribution in [0.3, 0.4) is 0 Å². The molecular weight excluding hydrogens is 431 g/mol. The van der Waals surface area contributed by atoms with Gasteiger partial charge in [0.15, 0.2) is 0 Å². The van der Waals surface area contributed by atoms with Crippen LogP contribution in [0.2, 0.25) is 0 Å². The van der Waals surface area contributed by atoms with Gasteiger partial charge in [0, 0.05) is 5.88 Å². The van der Waals surface area contributed by atoms with E-state index in [4.69, 9.17) is 16.3 Å². The number of hydrogen-bond acceptors (Lipinski definition) is 4. The molecule has 0 N–H and O–H groups in total. The lowest BCUT2D eigenvalue weighted by molar-refractivity contribution is -0.131. The summed E-state index contributed by atoms with van der Waals surface area (Å²) in [5.74, 6) is 0.531. The molecule has 0 amide bonds. The Hall–Kier alpha value is -1.60. The van der Waals surface area contributed by atoms with Crippen molar-refractivity contribution >= 4 is 46.1 Å². The van der Waals surface area contributed by atoms with Crippen molar-refractivity contribution < 1.29 is 19.1 Å². The third kappa shape index (κ3) is 7.47. The van der Waals surface area contributed by atoms with Crippen molar-refractivity contribution in [3.63, 3.8) is 0 Å². The molecule has 2 aromatic carbocycles. The van der Waals surface area contributed by atoms with Gasteiger partial charge in [-0.15, -0.1) is 11.6 Å². The first-order chi connectivity index (χ1) is 11.1. The molecule has 0 fully saturated rings. The quantitative estimate of drug-likeness (QED) is 0.305. The summed E-state index contributed by atoms with van der Waals surface area (Å²) in [4.78, 5) is 21.7. The summed E-state index contributed by atoms with van der Waals surface area (Å²) < 4.78 is 9.84. The van der Waals surface area contributed by atoms with E-state index in [-0.39, 0.29) is 11.9 Å². The molecule has 2 rings (SSSR count). The topological polar surface area (TPSA) is 52.6 Å². The van der Waals surface area contributed by atoms with E-state index >= 15 is 0 Å². The Morgan fingerprint density at radius 2 is 1.65 bits per heavy atom. The first-order valence-corrected chi connectivity index (χ1v) is 8.71. The predicted molar refractivity (Wildman–Crippen MR) is 98.3 cm³/mol. The minimum atomic E-state index is -0.323. The van der Waals surface area contributed by atoms with Gasteiger partial charge in [-0.2, -0.15) is 0 Å². The summed E-state index contributed by atoms with van der Waals surface area (Å²) in [5.41, 5.74) is 1.54. The Morgan fingerprint density at radius 1 is 1.04 bits per heavy atom. The van der Waals surface area contributed by atoms with E-state index in [1.54, 1.807) is 36.4 Å². The normalized spacial score (nSPS) is 9.35. The van der Waals surface area contributed by atoms with E-state index < -0.39 is 0 Å². The van der Waals surface area contributed by atoms with E-state index in [9.17, 15) is 9.59 Å². The Bertz CT molecular complexity index is 614. The van der Waals surface area contributed by atoms with Gasteiger partial charge in [0.25, 0.3) is 0 Å². The highest BCUT2D eigenvalue weighted by molar-refractivity contribution is 14.1. The summed E-state index contributed by atoms with van der Waals surface area (Å²) >= 11 is 7.54. The number of alkyl halides is 2. The van der Waals surface area contributed by atoms with Crippen LogP contribution in [-0.2, 0) is 15.4 Å². The Labute approximate surface area is 153 Å². The van der Waals surface area contributed by atoms with Gasteiger partial charge in [-0.05, 0) is 29.8 Å². The lowest BCUT2D eigenvalue weighted by Crippen LogP contribution is -2.08. The molecule has 0 heterocycles. The highest BCUT2D eigenvalue weighted by Crippen LogP contribution is 2.09. The summed E-state index contributed by atoms with van der Waals surface area (Å²) in [7, 11) is 1.36. The van der Waals surface area contributed by atoms with Gasteiger partial charge in [0.1, 0.15) is 5.75 Å². The number of rotatable bonds is 4. The summed E-state index contributed by atoms with van der Waals surface area (Å²) in [5, 5.41) is 0. The number of esters is 2. The monoisotopic (exact) mass is 446 g/mol.